The van der Waals surface area contributed by atoms with Crippen LogP contribution in [0.2, 0.25) is 0 Å². The van der Waals surface area contributed by atoms with E-state index in [-0.39, 0.29) is 16.4 Å². The Morgan fingerprint density at radius 2 is 1.82 bits per heavy atom. The summed E-state index contributed by atoms with van der Waals surface area (Å²) in [5, 5.41) is 9.98. The molecule has 0 heterocycles. The molecule has 2 aliphatic carbocycles. The van der Waals surface area contributed by atoms with Crippen molar-refractivity contribution in [3.05, 3.63) is 57.5 Å². The fourth-order valence-electron chi connectivity index (χ4n) is 3.92. The van der Waals surface area contributed by atoms with E-state index in [1.54, 1.807) is 35.9 Å². The van der Waals surface area contributed by atoms with Gasteiger partial charge >= 0.3 is 5.97 Å². The first-order valence-corrected chi connectivity index (χ1v) is 11.3. The second-order valence-corrected chi connectivity index (χ2v) is 10.5. The van der Waals surface area contributed by atoms with E-state index in [4.69, 9.17) is 0 Å². The molecule has 3 rings (SSSR count). The lowest BCUT2D eigenvalue weighted by Crippen LogP contribution is -2.34. The summed E-state index contributed by atoms with van der Waals surface area (Å²) in [5.41, 5.74) is 4.43. The molecule has 3 nitrogen and oxygen atoms in total. The highest BCUT2D eigenvalue weighted by Gasteiger charge is 2.37. The second kappa shape index (κ2) is 7.70. The number of carbonyl (C=O) groups is 1. The molecule has 1 aromatic carbocycles. The highest BCUT2D eigenvalue weighted by Crippen LogP contribution is 2.48. The third-order valence-corrected chi connectivity index (χ3v) is 7.57. The van der Waals surface area contributed by atoms with Crippen LogP contribution in [0.15, 0.2) is 45.7 Å². The summed E-state index contributed by atoms with van der Waals surface area (Å²) in [7, 11) is 0. The molecular weight excluding hydrogens is 436 g/mol. The number of carboxylic acids is 1. The van der Waals surface area contributed by atoms with Crippen molar-refractivity contribution in [2.45, 2.75) is 61.6 Å². The minimum absolute atomic E-state index is 0.115. The minimum atomic E-state index is -1.03. The maximum Gasteiger partial charge on any atom is 0.315 e. The number of alkyl halides is 1. The number of thioether (sulfide) groups is 1. The van der Waals surface area contributed by atoms with Crippen molar-refractivity contribution in [2.75, 3.05) is 0 Å². The topological polar surface area (TPSA) is 54.4 Å². The van der Waals surface area contributed by atoms with Crippen LogP contribution in [0.25, 0.3) is 0 Å². The van der Waals surface area contributed by atoms with E-state index < -0.39 is 11.9 Å². The first-order chi connectivity index (χ1) is 13.1. The molecule has 1 aromatic rings. The fourth-order valence-corrected chi connectivity index (χ4v) is 5.60. The molecule has 2 aliphatic rings. The average molecular weight is 461 g/mol. The molecular formula is C23H25BrO3S. The molecule has 148 valence electrons. The number of carbonyl (C=O) groups excluding carboxylic acids is 1. The summed E-state index contributed by atoms with van der Waals surface area (Å²) in [4.78, 5) is 24.5. The van der Waals surface area contributed by atoms with Crippen LogP contribution in [0.1, 0.15) is 57.2 Å². The van der Waals surface area contributed by atoms with Crippen molar-refractivity contribution in [3.8, 4) is 0 Å². The molecule has 1 N–H and O–H groups in total. The Morgan fingerprint density at radius 1 is 1.21 bits per heavy atom. The van der Waals surface area contributed by atoms with Crippen LogP contribution >= 0.6 is 27.7 Å². The van der Waals surface area contributed by atoms with Gasteiger partial charge in [-0.05, 0) is 52.5 Å². The van der Waals surface area contributed by atoms with Crippen LogP contribution in [0.5, 0.6) is 0 Å². The zero-order chi connectivity index (χ0) is 20.7. The number of allylic oxidation sites excluding steroid dienone is 2. The van der Waals surface area contributed by atoms with E-state index in [1.807, 2.05) is 0 Å². The lowest BCUT2D eigenvalue weighted by molar-refractivity contribution is -0.138. The summed E-state index contributed by atoms with van der Waals surface area (Å²) in [6, 6.07) is 4.61. The Morgan fingerprint density at radius 3 is 2.36 bits per heavy atom. The number of carboxylic acid groups (broad SMARTS) is 1. The van der Waals surface area contributed by atoms with Gasteiger partial charge in [0.25, 0.3) is 0 Å². The lowest BCUT2D eigenvalue weighted by Gasteiger charge is -2.42. The molecule has 0 saturated heterocycles. The molecule has 0 bridgehead atoms. The molecule has 1 atom stereocenters. The predicted octanol–water partition coefficient (Wildman–Crippen LogP) is 5.94. The van der Waals surface area contributed by atoms with E-state index >= 15 is 0 Å². The SMILES string of the molecule is CC1(C)CCC(C)(C)c2cc(SC3=CC(=C=O)C(C(=O)O)C=C3)c(CBr)cc21. The summed E-state index contributed by atoms with van der Waals surface area (Å²) < 4.78 is 0. The maximum atomic E-state index is 11.3. The molecule has 1 unspecified atom stereocenters. The smallest absolute Gasteiger partial charge is 0.315 e. The van der Waals surface area contributed by atoms with E-state index in [9.17, 15) is 14.7 Å². The Kier molecular flexibility index (Phi) is 5.82. The zero-order valence-electron chi connectivity index (χ0n) is 16.6. The van der Waals surface area contributed by atoms with Crippen molar-refractivity contribution in [3.63, 3.8) is 0 Å². The van der Waals surface area contributed by atoms with Crippen molar-refractivity contribution in [2.24, 2.45) is 5.92 Å². The first-order valence-electron chi connectivity index (χ1n) is 9.38. The number of benzene rings is 1. The van der Waals surface area contributed by atoms with Crippen molar-refractivity contribution in [1.29, 1.82) is 0 Å². The largest absolute Gasteiger partial charge is 0.481 e. The standard InChI is InChI=1S/C23H25BrO3S/c1-22(2)7-8-23(3,4)19-11-20(14(12-24)10-18(19)22)28-16-5-6-17(21(26)27)15(9-16)13-25/h5-6,9-11,17H,7-8,12H2,1-4H3,(H,26,27). The van der Waals surface area contributed by atoms with Crippen LogP contribution in [0, 0.1) is 5.92 Å². The maximum absolute atomic E-state index is 11.3. The number of aliphatic carboxylic acids is 1. The molecule has 0 saturated carbocycles. The van der Waals surface area contributed by atoms with E-state index in [2.05, 4.69) is 55.8 Å². The Hall–Kier alpha value is -1.55. The zero-order valence-corrected chi connectivity index (χ0v) is 19.0. The van der Waals surface area contributed by atoms with Gasteiger partial charge in [0.15, 0.2) is 0 Å². The van der Waals surface area contributed by atoms with Crippen LogP contribution in [0.4, 0.5) is 0 Å². The van der Waals surface area contributed by atoms with Gasteiger partial charge in [-0.3, -0.25) is 4.79 Å². The van der Waals surface area contributed by atoms with Gasteiger partial charge in [0, 0.05) is 15.1 Å². The number of halogens is 1. The van der Waals surface area contributed by atoms with Gasteiger partial charge in [-0.25, -0.2) is 4.79 Å². The number of fused-ring (bicyclic) bond motifs is 1. The Balaban J connectivity index is 2.03. The van der Waals surface area contributed by atoms with Crippen LogP contribution in [0.3, 0.4) is 0 Å². The van der Waals surface area contributed by atoms with Crippen LogP contribution < -0.4 is 0 Å². The van der Waals surface area contributed by atoms with Gasteiger partial charge in [-0.1, -0.05) is 73.6 Å². The third-order valence-electron chi connectivity index (χ3n) is 5.88. The molecule has 0 radical (unpaired) electrons. The highest BCUT2D eigenvalue weighted by atomic mass is 79.9. The predicted molar refractivity (Wildman–Crippen MR) is 118 cm³/mol. The molecule has 0 amide bonds. The van der Waals surface area contributed by atoms with Crippen molar-refractivity contribution < 1.29 is 14.7 Å². The molecule has 0 aromatic heterocycles. The number of rotatable bonds is 4. The van der Waals surface area contributed by atoms with Gasteiger partial charge in [0.1, 0.15) is 11.9 Å². The Labute approximate surface area is 179 Å². The van der Waals surface area contributed by atoms with Gasteiger partial charge in [0.05, 0.1) is 5.57 Å². The Bertz CT molecular complexity index is 933. The lowest BCUT2D eigenvalue weighted by atomic mass is 9.63. The van der Waals surface area contributed by atoms with Gasteiger partial charge in [-0.15, -0.1) is 0 Å². The van der Waals surface area contributed by atoms with Gasteiger partial charge in [0.2, 0.25) is 0 Å². The van der Waals surface area contributed by atoms with Gasteiger partial charge < -0.3 is 5.11 Å². The normalized spacial score (nSPS) is 22.2. The van der Waals surface area contributed by atoms with E-state index in [0.717, 1.165) is 21.6 Å². The number of hydrogen-bond acceptors (Lipinski definition) is 3. The number of hydrogen-bond donors (Lipinski definition) is 1. The van der Waals surface area contributed by atoms with Crippen LogP contribution in [-0.4, -0.2) is 17.0 Å². The third kappa shape index (κ3) is 3.94. The molecule has 0 fully saturated rings. The minimum Gasteiger partial charge on any atom is -0.481 e. The quantitative estimate of drug-likeness (QED) is 0.446. The first kappa shape index (κ1) is 21.2. The summed E-state index contributed by atoms with van der Waals surface area (Å²) in [5.74, 6) is -0.160. The second-order valence-electron chi connectivity index (χ2n) is 8.79. The van der Waals surface area contributed by atoms with Crippen molar-refractivity contribution in [1.82, 2.24) is 0 Å². The summed E-state index contributed by atoms with van der Waals surface area (Å²) in [6.45, 7) is 9.22. The van der Waals surface area contributed by atoms with Gasteiger partial charge in [-0.2, -0.15) is 0 Å². The highest BCUT2D eigenvalue weighted by molar-refractivity contribution is 9.08. The van der Waals surface area contributed by atoms with Crippen LogP contribution in [-0.2, 0) is 25.7 Å². The van der Waals surface area contributed by atoms with Crippen molar-refractivity contribution >= 4 is 39.6 Å². The summed E-state index contributed by atoms with van der Waals surface area (Å²) >= 11 is 5.20. The molecule has 0 aliphatic heterocycles. The van der Waals surface area contributed by atoms with E-state index in [1.165, 1.54) is 23.1 Å². The molecule has 28 heavy (non-hydrogen) atoms. The molecule has 0 spiro atoms. The average Bonchev–Trinajstić information content (AvgIpc) is 2.65. The monoisotopic (exact) mass is 460 g/mol. The van der Waals surface area contributed by atoms with E-state index in [0.29, 0.717) is 0 Å². The summed E-state index contributed by atoms with van der Waals surface area (Å²) in [6.07, 6.45) is 7.30. The fraction of sp³-hybridized carbons (Fsp3) is 0.435. The molecule has 5 heteroatoms.